The molecule has 11 heavy (non-hydrogen) atoms. The molecular weight excluding hydrogens is 144 g/mol. The van der Waals surface area contributed by atoms with Gasteiger partial charge in [-0.2, -0.15) is 0 Å². The lowest BCUT2D eigenvalue weighted by Gasteiger charge is -2.10. The van der Waals surface area contributed by atoms with Gasteiger partial charge in [-0.3, -0.25) is 0 Å². The summed E-state index contributed by atoms with van der Waals surface area (Å²) in [6, 6.07) is 0. The van der Waals surface area contributed by atoms with Crippen LogP contribution in [0.2, 0.25) is 0 Å². The minimum Gasteiger partial charge on any atom is -0.422 e. The van der Waals surface area contributed by atoms with E-state index in [2.05, 4.69) is 17.9 Å². The monoisotopic (exact) mass is 154 g/mol. The zero-order chi connectivity index (χ0) is 8.43. The Hall–Kier alpha value is -1.25. The second-order valence-electron chi connectivity index (χ2n) is 2.45. The van der Waals surface area contributed by atoms with Crippen molar-refractivity contribution in [2.75, 3.05) is 0 Å². The Morgan fingerprint density at radius 2 is 2.36 bits per heavy atom. The molecular formula is C8H10O3. The van der Waals surface area contributed by atoms with Crippen molar-refractivity contribution < 1.29 is 14.3 Å². The second kappa shape index (κ2) is 2.78. The summed E-state index contributed by atoms with van der Waals surface area (Å²) >= 11 is 0. The van der Waals surface area contributed by atoms with Gasteiger partial charge < -0.3 is 9.47 Å². The van der Waals surface area contributed by atoms with E-state index in [1.807, 2.05) is 6.92 Å². The van der Waals surface area contributed by atoms with Crippen molar-refractivity contribution in [1.29, 1.82) is 0 Å². The van der Waals surface area contributed by atoms with Gasteiger partial charge in [0.15, 0.2) is 6.10 Å². The molecule has 0 saturated carbocycles. The number of cyclic esters (lactones) is 2. The Bertz CT molecular complexity index is 207. The lowest BCUT2D eigenvalue weighted by Crippen LogP contribution is -2.16. The average Bonchev–Trinajstić information content (AvgIpc) is 2.28. The normalized spacial score (nSPS) is 25.7. The molecule has 60 valence electrons. The molecule has 0 aromatic rings. The summed E-state index contributed by atoms with van der Waals surface area (Å²) in [5.41, 5.74) is 0. The van der Waals surface area contributed by atoms with Gasteiger partial charge in [-0.25, -0.2) is 4.79 Å². The number of carbonyl (C=O) groups excluding carboxylic acids is 1. The van der Waals surface area contributed by atoms with Crippen LogP contribution in [0.4, 0.5) is 4.79 Å². The summed E-state index contributed by atoms with van der Waals surface area (Å²) in [7, 11) is 0. The fourth-order valence-electron chi connectivity index (χ4n) is 0.883. The molecule has 0 bridgehead atoms. The van der Waals surface area contributed by atoms with Gasteiger partial charge in [0.1, 0.15) is 5.76 Å². The largest absolute Gasteiger partial charge is 0.514 e. The molecule has 1 saturated heterocycles. The number of hydrogen-bond acceptors (Lipinski definition) is 3. The van der Waals surface area contributed by atoms with Crippen LogP contribution < -0.4 is 0 Å². The average molecular weight is 154 g/mol. The topological polar surface area (TPSA) is 35.5 Å². The van der Waals surface area contributed by atoms with Crippen LogP contribution in [-0.2, 0) is 9.47 Å². The van der Waals surface area contributed by atoms with Gasteiger partial charge in [0.05, 0.1) is 0 Å². The van der Waals surface area contributed by atoms with Crippen molar-refractivity contribution in [1.82, 2.24) is 0 Å². The SMILES string of the molecule is C=C[C@@H](C)[C@@H]1OC(=O)OC1=C. The molecule has 1 aliphatic rings. The Kier molecular flexibility index (Phi) is 1.98. The van der Waals surface area contributed by atoms with Crippen molar-refractivity contribution in [3.8, 4) is 0 Å². The van der Waals surface area contributed by atoms with Crippen LogP contribution >= 0.6 is 0 Å². The molecule has 0 unspecified atom stereocenters. The zero-order valence-electron chi connectivity index (χ0n) is 6.37. The van der Waals surface area contributed by atoms with Crippen LogP contribution in [0.15, 0.2) is 25.0 Å². The van der Waals surface area contributed by atoms with Crippen molar-refractivity contribution in [2.45, 2.75) is 13.0 Å². The third-order valence-corrected chi connectivity index (χ3v) is 1.60. The van der Waals surface area contributed by atoms with E-state index in [0.29, 0.717) is 5.76 Å². The van der Waals surface area contributed by atoms with Crippen LogP contribution in [0.3, 0.4) is 0 Å². The standard InChI is InChI=1S/C8H10O3/c1-4-5(2)7-6(3)10-8(9)11-7/h4-5,7H,1,3H2,2H3/t5-,7+/m1/s1. The van der Waals surface area contributed by atoms with E-state index >= 15 is 0 Å². The highest BCUT2D eigenvalue weighted by Crippen LogP contribution is 2.24. The summed E-state index contributed by atoms with van der Waals surface area (Å²) in [6.45, 7) is 9.00. The lowest BCUT2D eigenvalue weighted by molar-refractivity contribution is 0.109. The molecule has 1 rings (SSSR count). The van der Waals surface area contributed by atoms with Crippen molar-refractivity contribution in [2.24, 2.45) is 5.92 Å². The van der Waals surface area contributed by atoms with Crippen molar-refractivity contribution in [3.63, 3.8) is 0 Å². The van der Waals surface area contributed by atoms with Gasteiger partial charge in [0.25, 0.3) is 0 Å². The van der Waals surface area contributed by atoms with Crippen LogP contribution in [0.25, 0.3) is 0 Å². The second-order valence-corrected chi connectivity index (χ2v) is 2.45. The van der Waals surface area contributed by atoms with E-state index in [1.165, 1.54) is 0 Å². The number of rotatable bonds is 2. The van der Waals surface area contributed by atoms with E-state index in [4.69, 9.17) is 4.74 Å². The summed E-state index contributed by atoms with van der Waals surface area (Å²) in [5.74, 6) is 0.413. The van der Waals surface area contributed by atoms with Crippen molar-refractivity contribution >= 4 is 6.16 Å². The molecule has 0 aliphatic carbocycles. The van der Waals surface area contributed by atoms with Crippen LogP contribution in [-0.4, -0.2) is 12.3 Å². The first kappa shape index (κ1) is 7.85. The molecule has 2 atom stereocenters. The molecule has 0 spiro atoms. The molecule has 1 heterocycles. The third-order valence-electron chi connectivity index (χ3n) is 1.60. The Morgan fingerprint density at radius 1 is 1.73 bits per heavy atom. The highest BCUT2D eigenvalue weighted by molar-refractivity contribution is 5.65. The predicted molar refractivity (Wildman–Crippen MR) is 39.9 cm³/mol. The first-order valence-corrected chi connectivity index (χ1v) is 3.35. The molecule has 0 N–H and O–H groups in total. The predicted octanol–water partition coefficient (Wildman–Crippen LogP) is 1.86. The highest BCUT2D eigenvalue weighted by Gasteiger charge is 2.32. The maximum Gasteiger partial charge on any atom is 0.514 e. The minimum atomic E-state index is -0.673. The number of hydrogen-bond donors (Lipinski definition) is 0. The molecule has 0 aromatic carbocycles. The van der Waals surface area contributed by atoms with Crippen LogP contribution in [0.1, 0.15) is 6.92 Å². The first-order chi connectivity index (χ1) is 5.15. The van der Waals surface area contributed by atoms with Crippen LogP contribution in [0.5, 0.6) is 0 Å². The van der Waals surface area contributed by atoms with Gasteiger partial charge in [-0.1, -0.05) is 19.6 Å². The van der Waals surface area contributed by atoms with Gasteiger partial charge in [-0.05, 0) is 0 Å². The summed E-state index contributed by atoms with van der Waals surface area (Å²) in [5, 5.41) is 0. The molecule has 0 radical (unpaired) electrons. The molecule has 1 aliphatic heterocycles. The van der Waals surface area contributed by atoms with Gasteiger partial charge in [0.2, 0.25) is 0 Å². The maximum absolute atomic E-state index is 10.5. The molecule has 1 fully saturated rings. The van der Waals surface area contributed by atoms with Gasteiger partial charge in [-0.15, -0.1) is 6.58 Å². The van der Waals surface area contributed by atoms with E-state index in [9.17, 15) is 4.79 Å². The quantitative estimate of drug-likeness (QED) is 0.450. The smallest absolute Gasteiger partial charge is 0.422 e. The van der Waals surface area contributed by atoms with E-state index < -0.39 is 6.16 Å². The van der Waals surface area contributed by atoms with E-state index in [1.54, 1.807) is 6.08 Å². The first-order valence-electron chi connectivity index (χ1n) is 3.35. The summed E-state index contributed by atoms with van der Waals surface area (Å²) < 4.78 is 9.39. The Labute approximate surface area is 65.3 Å². The lowest BCUT2D eigenvalue weighted by atomic mass is 10.0. The summed E-state index contributed by atoms with van der Waals surface area (Å²) in [6.07, 6.45) is 0.659. The fourth-order valence-corrected chi connectivity index (χ4v) is 0.883. The highest BCUT2D eigenvalue weighted by atomic mass is 16.8. The van der Waals surface area contributed by atoms with Gasteiger partial charge >= 0.3 is 6.16 Å². The molecule has 0 amide bonds. The zero-order valence-corrected chi connectivity index (χ0v) is 6.37. The Morgan fingerprint density at radius 3 is 2.73 bits per heavy atom. The summed E-state index contributed by atoms with van der Waals surface area (Å²) in [4.78, 5) is 10.5. The Balaban J connectivity index is 2.66. The third kappa shape index (κ3) is 1.42. The number of carbonyl (C=O) groups is 1. The molecule has 0 aromatic heterocycles. The van der Waals surface area contributed by atoms with Crippen LogP contribution in [0, 0.1) is 5.92 Å². The molecule has 3 nitrogen and oxygen atoms in total. The minimum absolute atomic E-state index is 0.0500. The van der Waals surface area contributed by atoms with E-state index in [-0.39, 0.29) is 12.0 Å². The van der Waals surface area contributed by atoms with Crippen molar-refractivity contribution in [3.05, 3.63) is 25.0 Å². The maximum atomic E-state index is 10.5. The fraction of sp³-hybridized carbons (Fsp3) is 0.375. The van der Waals surface area contributed by atoms with Gasteiger partial charge in [0, 0.05) is 5.92 Å². The number of ether oxygens (including phenoxy) is 2. The molecule has 3 heteroatoms. The van der Waals surface area contributed by atoms with E-state index in [0.717, 1.165) is 0 Å².